The van der Waals surface area contributed by atoms with Crippen molar-refractivity contribution in [1.82, 2.24) is 29.7 Å². The van der Waals surface area contributed by atoms with Gasteiger partial charge in [0.2, 0.25) is 11.8 Å². The van der Waals surface area contributed by atoms with Crippen LogP contribution in [0.3, 0.4) is 0 Å². The maximum Gasteiger partial charge on any atom is 0.509 e. The third-order valence-electron chi connectivity index (χ3n) is 7.53. The number of aromatic nitrogens is 4. The molecule has 2 aromatic rings. The zero-order chi connectivity index (χ0) is 34.0. The van der Waals surface area contributed by atoms with Crippen molar-refractivity contribution in [2.75, 3.05) is 33.7 Å². The summed E-state index contributed by atoms with van der Waals surface area (Å²) in [6, 6.07) is -2.12. The number of carbonyl (C=O) groups excluding carboxylic acids is 3. The van der Waals surface area contributed by atoms with Gasteiger partial charge in [-0.25, -0.2) is 20.0 Å². The lowest BCUT2D eigenvalue weighted by Crippen LogP contribution is -2.46. The van der Waals surface area contributed by atoms with Crippen molar-refractivity contribution in [1.29, 1.82) is 0 Å². The Kier molecular flexibility index (Phi) is 10.8. The fourth-order valence-corrected chi connectivity index (χ4v) is 7.33. The minimum Gasteiger partial charge on any atom is -0.479 e. The molecule has 19 heteroatoms. The summed E-state index contributed by atoms with van der Waals surface area (Å²) in [5, 5.41) is 5.53. The van der Waals surface area contributed by atoms with Crippen molar-refractivity contribution >= 4 is 42.9 Å². The molecule has 0 amide bonds. The number of anilines is 1. The molecule has 2 saturated heterocycles. The van der Waals surface area contributed by atoms with Gasteiger partial charge in [-0.2, -0.15) is 9.97 Å². The second-order valence-electron chi connectivity index (χ2n) is 12.0. The van der Waals surface area contributed by atoms with Crippen molar-refractivity contribution in [3.05, 3.63) is 6.33 Å². The number of carbonyl (C=O) groups is 3. The summed E-state index contributed by atoms with van der Waals surface area (Å²) in [6.07, 6.45) is -2.23. The van der Waals surface area contributed by atoms with Crippen LogP contribution in [0.1, 0.15) is 53.7 Å². The predicted molar refractivity (Wildman–Crippen MR) is 160 cm³/mol. The van der Waals surface area contributed by atoms with Gasteiger partial charge in [0.15, 0.2) is 29.1 Å². The molecule has 0 bridgehead atoms. The van der Waals surface area contributed by atoms with Gasteiger partial charge in [0.1, 0.15) is 18.2 Å². The molecule has 0 aromatic carbocycles. The van der Waals surface area contributed by atoms with Crippen molar-refractivity contribution < 1.29 is 51.9 Å². The summed E-state index contributed by atoms with van der Waals surface area (Å²) in [5.74, 6) is -1.33. The van der Waals surface area contributed by atoms with E-state index in [2.05, 4.69) is 25.1 Å². The quantitative estimate of drug-likeness (QED) is 0.140. The van der Waals surface area contributed by atoms with E-state index in [0.717, 1.165) is 0 Å². The molecular formula is C27H42N7O11P. The number of hydrogen-bond acceptors (Lipinski definition) is 15. The van der Waals surface area contributed by atoms with E-state index in [1.54, 1.807) is 6.92 Å². The molecule has 0 saturated carbocycles. The Hall–Kier alpha value is -3.57. The van der Waals surface area contributed by atoms with Gasteiger partial charge in [0.05, 0.1) is 34.3 Å². The maximum atomic E-state index is 14.5. The standard InChI is InChI=1S/C27H42N7O11P/c1-13(2)9-15(22(35)40-7)32-46(38,33-16(10-14(3)4)23(36)41-8)42-11-17-19-27(5,45-26(37)44-19)24(43-17)34-12-29-18-20(34)30-25(28)31-21(18)39-6/h12-17,19,24H,9-11H2,1-8H3,(H2,28,30,31)(H2,32,33,38)/t15?,16?,17-,19?,24-,27+,46?/m1/s1. The van der Waals surface area contributed by atoms with Crippen LogP contribution in [0.25, 0.3) is 11.2 Å². The summed E-state index contributed by atoms with van der Waals surface area (Å²) >= 11 is 0. The molecule has 0 radical (unpaired) electrons. The van der Waals surface area contributed by atoms with Crippen LogP contribution in [0, 0.1) is 11.8 Å². The monoisotopic (exact) mass is 671 g/mol. The van der Waals surface area contributed by atoms with E-state index in [0.29, 0.717) is 0 Å². The summed E-state index contributed by atoms with van der Waals surface area (Å²) in [4.78, 5) is 50.5. The molecule has 2 aliphatic heterocycles. The Morgan fingerprint density at radius 3 is 2.17 bits per heavy atom. The van der Waals surface area contributed by atoms with Crippen LogP contribution >= 0.6 is 7.67 Å². The number of nitrogen functional groups attached to an aromatic ring is 1. The number of imidazole rings is 1. The summed E-state index contributed by atoms with van der Waals surface area (Å²) < 4.78 is 54.5. The largest absolute Gasteiger partial charge is 0.509 e. The highest BCUT2D eigenvalue weighted by Gasteiger charge is 2.64. The average molecular weight is 672 g/mol. The first-order valence-corrected chi connectivity index (χ1v) is 16.3. The topological polar surface area (TPSA) is 227 Å². The lowest BCUT2D eigenvalue weighted by atomic mass is 9.96. The Bertz CT molecular complexity index is 1450. The fraction of sp³-hybridized carbons (Fsp3) is 0.704. The summed E-state index contributed by atoms with van der Waals surface area (Å²) in [6.45, 7) is 8.67. The molecular weight excluding hydrogens is 629 g/mol. The van der Waals surface area contributed by atoms with E-state index in [1.807, 2.05) is 27.7 Å². The minimum atomic E-state index is -4.28. The first-order chi connectivity index (χ1) is 21.6. The molecule has 0 spiro atoms. The number of nitrogens with two attached hydrogens (primary N) is 1. The van der Waals surface area contributed by atoms with Crippen LogP contribution in [0.2, 0.25) is 0 Å². The normalized spacial score (nSPS) is 25.1. The molecule has 18 nitrogen and oxygen atoms in total. The number of ether oxygens (including phenoxy) is 6. The van der Waals surface area contributed by atoms with Crippen LogP contribution < -0.4 is 20.6 Å². The Morgan fingerprint density at radius 2 is 1.65 bits per heavy atom. The highest BCUT2D eigenvalue weighted by Crippen LogP contribution is 2.49. The Labute approximate surface area is 265 Å². The lowest BCUT2D eigenvalue weighted by molar-refractivity contribution is -0.143. The number of esters is 2. The summed E-state index contributed by atoms with van der Waals surface area (Å²) in [7, 11) is -0.450. The zero-order valence-electron chi connectivity index (χ0n) is 27.0. The zero-order valence-corrected chi connectivity index (χ0v) is 27.9. The molecule has 2 fully saturated rings. The molecule has 2 aliphatic rings. The second kappa shape index (κ2) is 14.0. The van der Waals surface area contributed by atoms with Crippen molar-refractivity contribution in [2.24, 2.45) is 11.8 Å². The van der Waals surface area contributed by atoms with Gasteiger partial charge in [0, 0.05) is 0 Å². The Morgan fingerprint density at radius 1 is 1.07 bits per heavy atom. The third kappa shape index (κ3) is 7.36. The third-order valence-corrected chi connectivity index (χ3v) is 9.35. The van der Waals surface area contributed by atoms with E-state index >= 15 is 0 Å². The average Bonchev–Trinajstić information content (AvgIpc) is 3.62. The minimum absolute atomic E-state index is 0.00623. The molecule has 46 heavy (non-hydrogen) atoms. The summed E-state index contributed by atoms with van der Waals surface area (Å²) in [5.41, 5.74) is 4.98. The van der Waals surface area contributed by atoms with Gasteiger partial charge in [0.25, 0.3) is 0 Å². The van der Waals surface area contributed by atoms with Crippen molar-refractivity contribution in [3.63, 3.8) is 0 Å². The molecule has 4 N–H and O–H groups in total. The van der Waals surface area contributed by atoms with Gasteiger partial charge in [-0.3, -0.25) is 18.7 Å². The van der Waals surface area contributed by atoms with Crippen LogP contribution in [0.15, 0.2) is 6.33 Å². The number of nitrogens with zero attached hydrogens (tertiary/aromatic N) is 4. The second-order valence-corrected chi connectivity index (χ2v) is 13.9. The molecule has 2 aromatic heterocycles. The van der Waals surface area contributed by atoms with Gasteiger partial charge in [-0.05, 0) is 31.6 Å². The van der Waals surface area contributed by atoms with Crippen LogP contribution in [0.4, 0.5) is 10.7 Å². The highest BCUT2D eigenvalue weighted by molar-refractivity contribution is 7.54. The fourth-order valence-electron chi connectivity index (χ4n) is 5.51. The van der Waals surface area contributed by atoms with Crippen LogP contribution in [-0.2, 0) is 42.4 Å². The lowest BCUT2D eigenvalue weighted by Gasteiger charge is -2.30. The smallest absolute Gasteiger partial charge is 0.479 e. The van der Waals surface area contributed by atoms with Gasteiger partial charge in [-0.1, -0.05) is 27.7 Å². The molecule has 4 heterocycles. The van der Waals surface area contributed by atoms with Gasteiger partial charge < -0.3 is 38.7 Å². The maximum absolute atomic E-state index is 14.5. The first kappa shape index (κ1) is 35.3. The van der Waals surface area contributed by atoms with E-state index in [1.165, 1.54) is 32.2 Å². The predicted octanol–water partition coefficient (Wildman–Crippen LogP) is 2.09. The molecule has 6 atom stereocenters. The van der Waals surface area contributed by atoms with Gasteiger partial charge in [-0.15, -0.1) is 0 Å². The number of hydrogen-bond donors (Lipinski definition) is 3. The van der Waals surface area contributed by atoms with E-state index in [9.17, 15) is 18.9 Å². The molecule has 3 unspecified atom stereocenters. The van der Waals surface area contributed by atoms with Crippen molar-refractivity contribution in [3.8, 4) is 5.88 Å². The number of rotatable bonds is 15. The molecule has 256 valence electrons. The number of methoxy groups -OCH3 is 3. The Balaban J connectivity index is 1.67. The molecule has 0 aliphatic carbocycles. The SMILES string of the molecule is COC(=O)C(CC(C)C)NP(=O)(NC(CC(C)C)C(=O)OC)OC[C@H]1O[C@@H](n2cnc3c(OC)nc(N)nc32)[C@@]2(C)OC(=O)OC12. The van der Waals surface area contributed by atoms with Crippen LogP contribution in [-0.4, -0.2) is 95.4 Å². The van der Waals surface area contributed by atoms with E-state index in [4.69, 9.17) is 38.7 Å². The highest BCUT2D eigenvalue weighted by atomic mass is 31.2. The van der Waals surface area contributed by atoms with E-state index < -0.39 is 68.5 Å². The first-order valence-electron chi connectivity index (χ1n) is 14.7. The number of nitrogens with one attached hydrogen (secondary N) is 2. The van der Waals surface area contributed by atoms with Crippen LogP contribution in [0.5, 0.6) is 5.88 Å². The van der Waals surface area contributed by atoms with E-state index in [-0.39, 0.29) is 47.7 Å². The van der Waals surface area contributed by atoms with Gasteiger partial charge >= 0.3 is 25.8 Å². The molecule has 4 rings (SSSR count). The van der Waals surface area contributed by atoms with Crippen molar-refractivity contribution in [2.45, 2.75) is 83.6 Å². The number of fused-ring (bicyclic) bond motifs is 2.